The van der Waals surface area contributed by atoms with E-state index in [4.69, 9.17) is 35.4 Å². The van der Waals surface area contributed by atoms with Gasteiger partial charge in [-0.3, -0.25) is 0 Å². The first-order valence-electron chi connectivity index (χ1n) is 6.25. The van der Waals surface area contributed by atoms with Crippen LogP contribution in [-0.2, 0) is 6.54 Å². The van der Waals surface area contributed by atoms with Crippen molar-refractivity contribution in [3.63, 3.8) is 0 Å². The van der Waals surface area contributed by atoms with Crippen LogP contribution in [-0.4, -0.2) is 10.2 Å². The zero-order valence-electron chi connectivity index (χ0n) is 11.3. The van der Waals surface area contributed by atoms with Crippen molar-refractivity contribution in [3.8, 4) is 5.75 Å². The molecule has 0 amide bonds. The molecule has 0 heterocycles. The summed E-state index contributed by atoms with van der Waals surface area (Å²) >= 11 is 17.2. The Morgan fingerprint density at radius 3 is 2.57 bits per heavy atom. The normalized spacial score (nSPS) is 10.2. The fraction of sp³-hybridized carbons (Fsp3) is 0.133. The van der Waals surface area contributed by atoms with Crippen LogP contribution in [0.3, 0.4) is 0 Å². The van der Waals surface area contributed by atoms with Crippen molar-refractivity contribution in [2.45, 2.75) is 13.5 Å². The second-order valence-corrected chi connectivity index (χ2v) is 5.68. The molecule has 0 spiro atoms. The number of benzene rings is 2. The minimum atomic E-state index is -0.0672. The number of thiocarbonyl (C=S) groups is 1. The second-order valence-electron chi connectivity index (χ2n) is 4.49. The Bertz CT molecular complexity index is 662. The fourth-order valence-electron chi connectivity index (χ4n) is 1.74. The molecule has 21 heavy (non-hydrogen) atoms. The summed E-state index contributed by atoms with van der Waals surface area (Å²) in [5, 5.41) is 17.0. The van der Waals surface area contributed by atoms with Gasteiger partial charge in [-0.1, -0.05) is 53.5 Å². The number of anilines is 1. The third kappa shape index (κ3) is 4.00. The predicted octanol–water partition coefficient (Wildman–Crippen LogP) is 4.49. The molecule has 0 saturated heterocycles. The van der Waals surface area contributed by atoms with E-state index in [9.17, 15) is 5.11 Å². The molecule has 0 aromatic heterocycles. The van der Waals surface area contributed by atoms with E-state index in [1.54, 1.807) is 13.0 Å². The zero-order chi connectivity index (χ0) is 15.4. The molecule has 3 nitrogen and oxygen atoms in total. The molecule has 0 saturated carbocycles. The summed E-state index contributed by atoms with van der Waals surface area (Å²) in [6.45, 7) is 2.32. The summed E-state index contributed by atoms with van der Waals surface area (Å²) in [4.78, 5) is 0. The lowest BCUT2D eigenvalue weighted by Crippen LogP contribution is -2.27. The SMILES string of the molecule is Cc1c(Cl)cc(NC(=S)NCc2ccccc2)c(O)c1Cl. The van der Waals surface area contributed by atoms with E-state index in [1.165, 1.54) is 0 Å². The number of nitrogens with one attached hydrogen (secondary N) is 2. The van der Waals surface area contributed by atoms with E-state index >= 15 is 0 Å². The Kier molecular flexibility index (Phi) is 5.28. The molecular weight excluding hydrogens is 327 g/mol. The molecule has 0 aliphatic rings. The average molecular weight is 341 g/mol. The van der Waals surface area contributed by atoms with E-state index in [0.717, 1.165) is 5.56 Å². The quantitative estimate of drug-likeness (QED) is 0.568. The van der Waals surface area contributed by atoms with Gasteiger partial charge in [0, 0.05) is 11.6 Å². The van der Waals surface area contributed by atoms with Crippen LogP contribution in [0.5, 0.6) is 5.75 Å². The molecule has 110 valence electrons. The van der Waals surface area contributed by atoms with Crippen molar-refractivity contribution in [2.24, 2.45) is 0 Å². The number of aromatic hydroxyl groups is 1. The van der Waals surface area contributed by atoms with Crippen LogP contribution in [0.15, 0.2) is 36.4 Å². The second kappa shape index (κ2) is 6.98. The van der Waals surface area contributed by atoms with Gasteiger partial charge in [-0.25, -0.2) is 0 Å². The first-order valence-corrected chi connectivity index (χ1v) is 7.42. The van der Waals surface area contributed by atoms with Crippen LogP contribution in [0.1, 0.15) is 11.1 Å². The molecule has 0 aliphatic carbocycles. The maximum atomic E-state index is 10.00. The highest BCUT2D eigenvalue weighted by molar-refractivity contribution is 7.80. The number of hydrogen-bond acceptors (Lipinski definition) is 2. The summed E-state index contributed by atoms with van der Waals surface area (Å²) < 4.78 is 0. The molecule has 2 aromatic rings. The van der Waals surface area contributed by atoms with Crippen LogP contribution < -0.4 is 10.6 Å². The fourth-order valence-corrected chi connectivity index (χ4v) is 2.38. The van der Waals surface area contributed by atoms with Gasteiger partial charge in [-0.05, 0) is 36.3 Å². The molecule has 0 bridgehead atoms. The number of phenols is 1. The highest BCUT2D eigenvalue weighted by Gasteiger charge is 2.13. The maximum absolute atomic E-state index is 10.00. The lowest BCUT2D eigenvalue weighted by atomic mass is 10.2. The van der Waals surface area contributed by atoms with Crippen LogP contribution in [0.25, 0.3) is 0 Å². The smallest absolute Gasteiger partial charge is 0.171 e. The lowest BCUT2D eigenvalue weighted by Gasteiger charge is -2.14. The minimum Gasteiger partial charge on any atom is -0.504 e. The molecule has 2 aromatic carbocycles. The Morgan fingerprint density at radius 2 is 1.90 bits per heavy atom. The van der Waals surface area contributed by atoms with E-state index in [0.29, 0.717) is 27.9 Å². The van der Waals surface area contributed by atoms with Crippen molar-refractivity contribution in [3.05, 3.63) is 57.6 Å². The summed E-state index contributed by atoms with van der Waals surface area (Å²) in [5.41, 5.74) is 2.11. The van der Waals surface area contributed by atoms with Gasteiger partial charge >= 0.3 is 0 Å². The van der Waals surface area contributed by atoms with Gasteiger partial charge in [-0.2, -0.15) is 0 Å². The summed E-state index contributed by atoms with van der Waals surface area (Å²) in [5.74, 6) is -0.0672. The van der Waals surface area contributed by atoms with E-state index in [1.807, 2.05) is 30.3 Å². The van der Waals surface area contributed by atoms with E-state index in [2.05, 4.69) is 10.6 Å². The number of phenolic OH excluding ortho intramolecular Hbond substituents is 1. The van der Waals surface area contributed by atoms with Crippen molar-refractivity contribution in [1.82, 2.24) is 5.32 Å². The summed E-state index contributed by atoms with van der Waals surface area (Å²) in [7, 11) is 0. The van der Waals surface area contributed by atoms with Crippen molar-refractivity contribution < 1.29 is 5.11 Å². The molecule has 0 atom stereocenters. The molecule has 3 N–H and O–H groups in total. The third-order valence-corrected chi connectivity index (χ3v) is 4.07. The molecule has 0 radical (unpaired) electrons. The van der Waals surface area contributed by atoms with Crippen LogP contribution in [0, 0.1) is 6.92 Å². The molecule has 0 unspecified atom stereocenters. The van der Waals surface area contributed by atoms with E-state index < -0.39 is 0 Å². The largest absolute Gasteiger partial charge is 0.504 e. The number of halogens is 2. The first-order chi connectivity index (χ1) is 9.99. The van der Waals surface area contributed by atoms with Crippen molar-refractivity contribution in [1.29, 1.82) is 0 Å². The number of hydrogen-bond donors (Lipinski definition) is 3. The standard InChI is InChI=1S/C15H14Cl2N2OS/c1-9-11(16)7-12(14(20)13(9)17)19-15(21)18-8-10-5-3-2-4-6-10/h2-7,20H,8H2,1H3,(H2,18,19,21). The highest BCUT2D eigenvalue weighted by Crippen LogP contribution is 2.38. The Morgan fingerprint density at radius 1 is 1.24 bits per heavy atom. The number of rotatable bonds is 3. The van der Waals surface area contributed by atoms with E-state index in [-0.39, 0.29) is 10.8 Å². The van der Waals surface area contributed by atoms with Crippen molar-refractivity contribution in [2.75, 3.05) is 5.32 Å². The zero-order valence-corrected chi connectivity index (χ0v) is 13.6. The van der Waals surface area contributed by atoms with Gasteiger partial charge in [0.1, 0.15) is 0 Å². The summed E-state index contributed by atoms with van der Waals surface area (Å²) in [6, 6.07) is 11.4. The third-order valence-electron chi connectivity index (χ3n) is 2.97. The minimum absolute atomic E-state index is 0.0672. The first kappa shape index (κ1) is 15.9. The molecule has 2 rings (SSSR count). The van der Waals surface area contributed by atoms with Gasteiger partial charge in [0.25, 0.3) is 0 Å². The van der Waals surface area contributed by atoms with Crippen LogP contribution in [0.2, 0.25) is 10.0 Å². The maximum Gasteiger partial charge on any atom is 0.171 e. The highest BCUT2D eigenvalue weighted by atomic mass is 35.5. The molecule has 6 heteroatoms. The summed E-state index contributed by atoms with van der Waals surface area (Å²) in [6.07, 6.45) is 0. The van der Waals surface area contributed by atoms with Gasteiger partial charge in [0.15, 0.2) is 10.9 Å². The van der Waals surface area contributed by atoms with Gasteiger partial charge in [0.05, 0.1) is 10.7 Å². The van der Waals surface area contributed by atoms with Gasteiger partial charge in [-0.15, -0.1) is 0 Å². The van der Waals surface area contributed by atoms with Crippen molar-refractivity contribution >= 4 is 46.2 Å². The Hall–Kier alpha value is -1.49. The van der Waals surface area contributed by atoms with Crippen LogP contribution >= 0.6 is 35.4 Å². The van der Waals surface area contributed by atoms with Gasteiger partial charge < -0.3 is 15.7 Å². The average Bonchev–Trinajstić information content (AvgIpc) is 2.49. The van der Waals surface area contributed by atoms with Gasteiger partial charge in [0.2, 0.25) is 0 Å². The molecule has 0 aliphatic heterocycles. The lowest BCUT2D eigenvalue weighted by molar-refractivity contribution is 0.477. The topological polar surface area (TPSA) is 44.3 Å². The van der Waals surface area contributed by atoms with Crippen LogP contribution in [0.4, 0.5) is 5.69 Å². The predicted molar refractivity (Wildman–Crippen MR) is 92.4 cm³/mol. The monoisotopic (exact) mass is 340 g/mol. The Balaban J connectivity index is 2.03. The molecule has 0 fully saturated rings. The Labute approximate surface area is 138 Å². The molecular formula is C15H14Cl2N2OS.